The van der Waals surface area contributed by atoms with E-state index in [9.17, 15) is 4.79 Å². The standard InChI is InChI=1S/C23H20Cl2N4O2S/c1-14(22(30)28-21-18(25)11-16(24)12-26-21)32-23-27-19-5-3-4-6-20(19)29(23)13-15-7-9-17(31-2)10-8-15/h3-12,14H,13H2,1-2H3,(H,26,28,30). The summed E-state index contributed by atoms with van der Waals surface area (Å²) in [5, 5.41) is 3.77. The van der Waals surface area contributed by atoms with Gasteiger partial charge < -0.3 is 14.6 Å². The molecule has 6 nitrogen and oxygen atoms in total. The minimum atomic E-state index is -0.435. The van der Waals surface area contributed by atoms with Crippen molar-refractivity contribution in [3.05, 3.63) is 76.4 Å². The number of pyridine rings is 1. The van der Waals surface area contributed by atoms with Crippen molar-refractivity contribution in [3.63, 3.8) is 0 Å². The van der Waals surface area contributed by atoms with Gasteiger partial charge in [-0.2, -0.15) is 0 Å². The lowest BCUT2D eigenvalue weighted by Gasteiger charge is -2.14. The third-order valence-electron chi connectivity index (χ3n) is 4.82. The second-order valence-corrected chi connectivity index (χ2v) is 9.20. The Morgan fingerprint density at radius 3 is 2.66 bits per heavy atom. The van der Waals surface area contributed by atoms with Crippen molar-refractivity contribution in [2.24, 2.45) is 0 Å². The predicted octanol–water partition coefficient (Wildman–Crippen LogP) is 5.91. The molecule has 2 heterocycles. The molecule has 0 saturated carbocycles. The normalized spacial score (nSPS) is 12.0. The lowest BCUT2D eigenvalue weighted by molar-refractivity contribution is -0.115. The van der Waals surface area contributed by atoms with Gasteiger partial charge in [0.1, 0.15) is 5.75 Å². The number of carbonyl (C=O) groups excluding carboxylic acids is 1. The van der Waals surface area contributed by atoms with Crippen molar-refractivity contribution < 1.29 is 9.53 Å². The van der Waals surface area contributed by atoms with E-state index < -0.39 is 5.25 Å². The number of benzene rings is 2. The summed E-state index contributed by atoms with van der Waals surface area (Å²) in [7, 11) is 1.65. The molecule has 0 aliphatic carbocycles. The predicted molar refractivity (Wildman–Crippen MR) is 130 cm³/mol. The fourth-order valence-electron chi connectivity index (χ4n) is 3.15. The number of fused-ring (bicyclic) bond motifs is 1. The molecule has 1 N–H and O–H groups in total. The second-order valence-electron chi connectivity index (χ2n) is 7.05. The average molecular weight is 487 g/mol. The molecule has 0 fully saturated rings. The Morgan fingerprint density at radius 1 is 1.19 bits per heavy atom. The lowest BCUT2D eigenvalue weighted by atomic mass is 10.2. The van der Waals surface area contributed by atoms with E-state index >= 15 is 0 Å². The monoisotopic (exact) mass is 486 g/mol. The summed E-state index contributed by atoms with van der Waals surface area (Å²) in [4.78, 5) is 21.7. The minimum absolute atomic E-state index is 0.227. The molecule has 4 aromatic rings. The molecule has 0 saturated heterocycles. The first kappa shape index (κ1) is 22.5. The maximum atomic E-state index is 12.8. The molecule has 0 radical (unpaired) electrons. The summed E-state index contributed by atoms with van der Waals surface area (Å²) in [5.41, 5.74) is 2.98. The number of halogens is 2. The van der Waals surface area contributed by atoms with E-state index in [0.717, 1.165) is 27.5 Å². The van der Waals surface area contributed by atoms with Gasteiger partial charge in [-0.05, 0) is 42.8 Å². The second kappa shape index (κ2) is 9.81. The van der Waals surface area contributed by atoms with Crippen LogP contribution in [0, 0.1) is 0 Å². The molecular weight excluding hydrogens is 467 g/mol. The van der Waals surface area contributed by atoms with Crippen LogP contribution in [0.15, 0.2) is 66.0 Å². The number of imidazole rings is 1. The third kappa shape index (κ3) is 5.01. The van der Waals surface area contributed by atoms with Crippen molar-refractivity contribution in [2.75, 3.05) is 12.4 Å². The van der Waals surface area contributed by atoms with Gasteiger partial charge in [0.2, 0.25) is 5.91 Å². The molecular formula is C23H20Cl2N4O2S. The molecule has 164 valence electrons. The van der Waals surface area contributed by atoms with Crippen molar-refractivity contribution in [2.45, 2.75) is 23.9 Å². The maximum absolute atomic E-state index is 12.8. The molecule has 4 rings (SSSR count). The first-order valence-electron chi connectivity index (χ1n) is 9.81. The Morgan fingerprint density at radius 2 is 1.94 bits per heavy atom. The van der Waals surface area contributed by atoms with Crippen LogP contribution in [0.1, 0.15) is 12.5 Å². The number of ether oxygens (including phenoxy) is 1. The van der Waals surface area contributed by atoms with Crippen LogP contribution in [0.3, 0.4) is 0 Å². The van der Waals surface area contributed by atoms with E-state index in [2.05, 4.69) is 14.9 Å². The third-order valence-corrected chi connectivity index (χ3v) is 6.41. The Balaban J connectivity index is 1.57. The summed E-state index contributed by atoms with van der Waals surface area (Å²) < 4.78 is 7.36. The number of carbonyl (C=O) groups is 1. The maximum Gasteiger partial charge on any atom is 0.238 e. The van der Waals surface area contributed by atoms with Crippen molar-refractivity contribution in [1.29, 1.82) is 0 Å². The van der Waals surface area contributed by atoms with Gasteiger partial charge in [0, 0.05) is 6.20 Å². The zero-order valence-electron chi connectivity index (χ0n) is 17.4. The Labute approximate surface area is 199 Å². The largest absolute Gasteiger partial charge is 0.497 e. The molecule has 2 aromatic heterocycles. The number of hydrogen-bond acceptors (Lipinski definition) is 5. The number of para-hydroxylation sites is 2. The Hall–Kier alpha value is -2.74. The van der Waals surface area contributed by atoms with E-state index in [1.54, 1.807) is 7.11 Å². The van der Waals surface area contributed by atoms with Crippen LogP contribution in [-0.2, 0) is 11.3 Å². The van der Waals surface area contributed by atoms with Crippen LogP contribution in [0.2, 0.25) is 10.0 Å². The zero-order chi connectivity index (χ0) is 22.7. The highest BCUT2D eigenvalue weighted by Gasteiger charge is 2.21. The SMILES string of the molecule is COc1ccc(Cn2c(SC(C)C(=O)Nc3ncc(Cl)cc3Cl)nc3ccccc32)cc1. The Bertz CT molecular complexity index is 1260. The number of nitrogens with one attached hydrogen (secondary N) is 1. The van der Waals surface area contributed by atoms with Gasteiger partial charge in [0.05, 0.1) is 40.0 Å². The molecule has 2 aromatic carbocycles. The van der Waals surface area contributed by atoms with Gasteiger partial charge in [-0.3, -0.25) is 4.79 Å². The number of anilines is 1. The van der Waals surface area contributed by atoms with E-state index in [1.807, 2.05) is 55.5 Å². The number of thioether (sulfide) groups is 1. The summed E-state index contributed by atoms with van der Waals surface area (Å²) in [6.45, 7) is 2.44. The van der Waals surface area contributed by atoms with Gasteiger partial charge in [-0.1, -0.05) is 59.2 Å². The van der Waals surface area contributed by atoms with Gasteiger partial charge in [0.25, 0.3) is 0 Å². The molecule has 0 bridgehead atoms. The fourth-order valence-corrected chi connectivity index (χ4v) is 4.50. The molecule has 0 aliphatic rings. The van der Waals surface area contributed by atoms with Crippen molar-refractivity contribution in [1.82, 2.24) is 14.5 Å². The molecule has 9 heteroatoms. The summed E-state index contributed by atoms with van der Waals surface area (Å²) in [5.74, 6) is 0.855. The van der Waals surface area contributed by atoms with E-state index in [1.165, 1.54) is 24.0 Å². The molecule has 1 atom stereocenters. The number of rotatable bonds is 7. The highest BCUT2D eigenvalue weighted by molar-refractivity contribution is 8.00. The molecule has 0 spiro atoms. The van der Waals surface area contributed by atoms with E-state index in [4.69, 9.17) is 32.9 Å². The molecule has 32 heavy (non-hydrogen) atoms. The summed E-state index contributed by atoms with van der Waals surface area (Å²) in [6, 6.07) is 17.4. The highest BCUT2D eigenvalue weighted by Crippen LogP contribution is 2.30. The Kier molecular flexibility index (Phi) is 6.89. The van der Waals surface area contributed by atoms with Crippen molar-refractivity contribution >= 4 is 57.7 Å². The molecule has 1 amide bonds. The minimum Gasteiger partial charge on any atom is -0.497 e. The number of methoxy groups -OCH3 is 1. The first-order valence-corrected chi connectivity index (χ1v) is 11.4. The van der Waals surface area contributed by atoms with E-state index in [0.29, 0.717) is 11.6 Å². The van der Waals surface area contributed by atoms with Crippen LogP contribution in [0.4, 0.5) is 5.82 Å². The van der Waals surface area contributed by atoms with Crippen LogP contribution < -0.4 is 10.1 Å². The molecule has 1 unspecified atom stereocenters. The first-order chi connectivity index (χ1) is 15.4. The number of nitrogens with zero attached hydrogens (tertiary/aromatic N) is 3. The lowest BCUT2D eigenvalue weighted by Crippen LogP contribution is -2.23. The number of amides is 1. The topological polar surface area (TPSA) is 69.0 Å². The zero-order valence-corrected chi connectivity index (χ0v) is 19.7. The van der Waals surface area contributed by atoms with Gasteiger partial charge in [-0.25, -0.2) is 9.97 Å². The fraction of sp³-hybridized carbons (Fsp3) is 0.174. The highest BCUT2D eigenvalue weighted by atomic mass is 35.5. The molecule has 0 aliphatic heterocycles. The average Bonchev–Trinajstić information content (AvgIpc) is 3.13. The van der Waals surface area contributed by atoms with Gasteiger partial charge in [-0.15, -0.1) is 0 Å². The smallest absolute Gasteiger partial charge is 0.238 e. The van der Waals surface area contributed by atoms with Crippen LogP contribution in [0.5, 0.6) is 5.75 Å². The van der Waals surface area contributed by atoms with Gasteiger partial charge in [0.15, 0.2) is 11.0 Å². The quantitative estimate of drug-likeness (QED) is 0.328. The van der Waals surface area contributed by atoms with Crippen LogP contribution >= 0.6 is 35.0 Å². The van der Waals surface area contributed by atoms with E-state index in [-0.39, 0.29) is 16.7 Å². The summed E-state index contributed by atoms with van der Waals surface area (Å²) in [6.07, 6.45) is 1.44. The van der Waals surface area contributed by atoms with Gasteiger partial charge >= 0.3 is 0 Å². The van der Waals surface area contributed by atoms with Crippen molar-refractivity contribution in [3.8, 4) is 5.75 Å². The number of hydrogen-bond donors (Lipinski definition) is 1. The summed E-state index contributed by atoms with van der Waals surface area (Å²) >= 11 is 13.4. The number of aromatic nitrogens is 3. The van der Waals surface area contributed by atoms with Crippen LogP contribution in [0.25, 0.3) is 11.0 Å². The van der Waals surface area contributed by atoms with Crippen LogP contribution in [-0.4, -0.2) is 32.8 Å².